The summed E-state index contributed by atoms with van der Waals surface area (Å²) in [6, 6.07) is 17.8. The van der Waals surface area contributed by atoms with Gasteiger partial charge in [-0.1, -0.05) is 88.4 Å². The second-order valence-electron chi connectivity index (χ2n) is 15.0. The number of carboxylic acids is 1. The molecule has 1 saturated carbocycles. The Bertz CT molecular complexity index is 1620. The van der Waals surface area contributed by atoms with Crippen LogP contribution in [0.1, 0.15) is 125 Å². The minimum absolute atomic E-state index is 0.0315. The summed E-state index contributed by atoms with van der Waals surface area (Å²) in [6.07, 6.45) is 16.0. The van der Waals surface area contributed by atoms with E-state index in [1.807, 2.05) is 42.5 Å². The normalized spacial score (nSPS) is 15.3. The van der Waals surface area contributed by atoms with Crippen molar-refractivity contribution in [3.8, 4) is 11.5 Å². The lowest BCUT2D eigenvalue weighted by Crippen LogP contribution is -2.38. The molecule has 9 heteroatoms. The van der Waals surface area contributed by atoms with Crippen LogP contribution in [0.5, 0.6) is 11.5 Å². The van der Waals surface area contributed by atoms with Crippen molar-refractivity contribution in [1.29, 1.82) is 0 Å². The number of benzene rings is 3. The van der Waals surface area contributed by atoms with Crippen LogP contribution in [-0.2, 0) is 4.79 Å². The first-order valence-electron chi connectivity index (χ1n) is 19.9. The number of halogens is 2. The summed E-state index contributed by atoms with van der Waals surface area (Å²) in [5.74, 6) is 0.910. The van der Waals surface area contributed by atoms with E-state index in [-0.39, 0.29) is 23.3 Å². The van der Waals surface area contributed by atoms with Crippen LogP contribution in [0, 0.1) is 17.7 Å². The van der Waals surface area contributed by atoms with Gasteiger partial charge in [0.2, 0.25) is 0 Å². The van der Waals surface area contributed by atoms with Crippen LogP contribution in [0.3, 0.4) is 0 Å². The van der Waals surface area contributed by atoms with Crippen molar-refractivity contribution >= 4 is 34.9 Å². The summed E-state index contributed by atoms with van der Waals surface area (Å²) in [7, 11) is 1.63. The van der Waals surface area contributed by atoms with E-state index in [1.165, 1.54) is 57.1 Å². The largest absolute Gasteiger partial charge is 0.497 e. The molecule has 2 fully saturated rings. The van der Waals surface area contributed by atoms with Crippen LogP contribution in [0.4, 0.5) is 15.8 Å². The summed E-state index contributed by atoms with van der Waals surface area (Å²) >= 11 is 6.58. The fourth-order valence-electron chi connectivity index (χ4n) is 7.65. The van der Waals surface area contributed by atoms with E-state index in [0.29, 0.717) is 42.0 Å². The number of methoxy groups -OCH3 is 1. The van der Waals surface area contributed by atoms with Crippen molar-refractivity contribution in [1.82, 2.24) is 0 Å². The molecule has 288 valence electrons. The van der Waals surface area contributed by atoms with Crippen LogP contribution >= 0.6 is 11.6 Å². The number of carboxylic acid groups (broad SMARTS) is 1. The van der Waals surface area contributed by atoms with Gasteiger partial charge in [-0.2, -0.15) is 0 Å². The lowest BCUT2D eigenvalue weighted by molar-refractivity contribution is -0.137. The fourth-order valence-corrected chi connectivity index (χ4v) is 7.92. The van der Waals surface area contributed by atoms with Gasteiger partial charge in [0.1, 0.15) is 17.3 Å². The van der Waals surface area contributed by atoms with Gasteiger partial charge in [0, 0.05) is 25.7 Å². The molecule has 1 N–H and O–H groups in total. The van der Waals surface area contributed by atoms with Crippen LogP contribution in [0.2, 0.25) is 5.02 Å². The molecule has 0 aromatic heterocycles. The number of nitrogens with zero attached hydrogens (tertiary/aromatic N) is 2. The second kappa shape index (κ2) is 20.6. The number of hydrogen-bond donors (Lipinski definition) is 1. The zero-order valence-corrected chi connectivity index (χ0v) is 32.4. The Morgan fingerprint density at radius 1 is 0.887 bits per heavy atom. The predicted octanol–water partition coefficient (Wildman–Crippen LogP) is 11.3. The lowest BCUT2D eigenvalue weighted by atomic mass is 9.91. The number of carbonyl (C=O) groups excluding carboxylic acids is 1. The van der Waals surface area contributed by atoms with Gasteiger partial charge in [-0.05, 0) is 97.9 Å². The molecule has 1 unspecified atom stereocenters. The Labute approximate surface area is 320 Å². The van der Waals surface area contributed by atoms with Gasteiger partial charge in [0.15, 0.2) is 0 Å². The third-order valence-electron chi connectivity index (χ3n) is 10.9. The number of unbranched alkanes of at least 4 members (excludes halogenated alkanes) is 9. The summed E-state index contributed by atoms with van der Waals surface area (Å²) in [6.45, 7) is 4.80. The molecule has 1 saturated heterocycles. The highest BCUT2D eigenvalue weighted by molar-refractivity contribution is 6.34. The van der Waals surface area contributed by atoms with E-state index in [9.17, 15) is 19.1 Å². The summed E-state index contributed by atoms with van der Waals surface area (Å²) in [5, 5.41) is 9.67. The Morgan fingerprint density at radius 3 is 2.23 bits per heavy atom. The smallest absolute Gasteiger partial charge is 0.303 e. The predicted molar refractivity (Wildman–Crippen MR) is 213 cm³/mol. The maximum absolute atomic E-state index is 14.5. The van der Waals surface area contributed by atoms with E-state index >= 15 is 0 Å². The molecule has 1 heterocycles. The number of amides is 1. The topological polar surface area (TPSA) is 79.3 Å². The molecule has 53 heavy (non-hydrogen) atoms. The van der Waals surface area contributed by atoms with Crippen LogP contribution in [0.15, 0.2) is 60.7 Å². The maximum atomic E-state index is 14.5. The van der Waals surface area contributed by atoms with Gasteiger partial charge in [0.25, 0.3) is 5.91 Å². The Kier molecular flexibility index (Phi) is 15.7. The number of anilines is 2. The first kappa shape index (κ1) is 40.4. The molecule has 3 aromatic carbocycles. The minimum atomic E-state index is -0.762. The number of rotatable bonds is 22. The van der Waals surface area contributed by atoms with Crippen molar-refractivity contribution in [3.63, 3.8) is 0 Å². The number of aliphatic carboxylic acids is 1. The molecule has 7 nitrogen and oxygen atoms in total. The third kappa shape index (κ3) is 12.1. The van der Waals surface area contributed by atoms with Crippen molar-refractivity contribution in [2.75, 3.05) is 43.2 Å². The van der Waals surface area contributed by atoms with Gasteiger partial charge in [-0.3, -0.25) is 9.59 Å². The monoisotopic (exact) mass is 748 g/mol. The Hall–Kier alpha value is -3.78. The lowest BCUT2D eigenvalue weighted by Gasteiger charge is -2.35. The summed E-state index contributed by atoms with van der Waals surface area (Å²) in [5.41, 5.74) is 2.94. The summed E-state index contributed by atoms with van der Waals surface area (Å²) in [4.78, 5) is 30.0. The van der Waals surface area contributed by atoms with Gasteiger partial charge < -0.3 is 24.4 Å². The molecule has 1 aliphatic heterocycles. The van der Waals surface area contributed by atoms with E-state index in [1.54, 1.807) is 18.1 Å². The van der Waals surface area contributed by atoms with Crippen molar-refractivity contribution in [2.24, 2.45) is 11.8 Å². The SMILES string of the molecule is CCCCCCCCCCCCN(C(=O)c1ccc(OC)cc1N1CCC(COc2cccc(C(CC(=O)O)C3CC3)c2)CC1)c1ccc(F)cc1Cl. The standard InChI is InChI=1S/C44H58ClFN2O5/c1-3-4-5-6-7-8-9-10-11-12-24-48(41-21-18-35(46)28-40(41)45)44(51)38-20-19-36(52-2)29-42(38)47-25-22-32(23-26-47)31-53-37-15-13-14-34(27-37)39(30-43(49)50)33-16-17-33/h13-15,18-21,27-29,32-33,39H,3-12,16-17,22-26,30-31H2,1-2H3,(H,49,50). The van der Waals surface area contributed by atoms with Crippen molar-refractivity contribution in [2.45, 2.75) is 109 Å². The third-order valence-corrected chi connectivity index (χ3v) is 11.2. The highest BCUT2D eigenvalue weighted by Gasteiger charge is 2.34. The molecular formula is C44H58ClFN2O5. The molecule has 2 aliphatic rings. The highest BCUT2D eigenvalue weighted by atomic mass is 35.5. The molecule has 5 rings (SSSR count). The zero-order chi connectivity index (χ0) is 37.6. The van der Waals surface area contributed by atoms with E-state index in [4.69, 9.17) is 21.1 Å². The number of piperidine rings is 1. The van der Waals surface area contributed by atoms with Gasteiger partial charge in [0.05, 0.1) is 42.1 Å². The Balaban J connectivity index is 1.22. The average Bonchev–Trinajstić information content (AvgIpc) is 4.01. The van der Waals surface area contributed by atoms with Crippen molar-refractivity contribution < 1.29 is 28.6 Å². The number of carbonyl (C=O) groups is 2. The molecule has 0 bridgehead atoms. The van der Waals surface area contributed by atoms with Gasteiger partial charge in [-0.15, -0.1) is 0 Å². The molecule has 0 radical (unpaired) electrons. The molecular weight excluding hydrogens is 691 g/mol. The number of ether oxygens (including phenoxy) is 2. The first-order valence-corrected chi connectivity index (χ1v) is 20.3. The van der Waals surface area contributed by atoms with Crippen LogP contribution in [-0.4, -0.2) is 50.3 Å². The minimum Gasteiger partial charge on any atom is -0.497 e. The zero-order valence-electron chi connectivity index (χ0n) is 31.7. The Morgan fingerprint density at radius 2 is 1.58 bits per heavy atom. The molecule has 1 aliphatic carbocycles. The van der Waals surface area contributed by atoms with Crippen LogP contribution < -0.4 is 19.3 Å². The molecule has 0 spiro atoms. The molecule has 1 atom stereocenters. The van der Waals surface area contributed by atoms with E-state index in [2.05, 4.69) is 11.8 Å². The first-order chi connectivity index (χ1) is 25.8. The number of hydrogen-bond acceptors (Lipinski definition) is 5. The van der Waals surface area contributed by atoms with Crippen molar-refractivity contribution in [3.05, 3.63) is 82.6 Å². The van der Waals surface area contributed by atoms with Crippen LogP contribution in [0.25, 0.3) is 0 Å². The van der Waals surface area contributed by atoms with Gasteiger partial charge in [-0.25, -0.2) is 4.39 Å². The maximum Gasteiger partial charge on any atom is 0.303 e. The quantitative estimate of drug-likeness (QED) is 0.103. The molecule has 1 amide bonds. The average molecular weight is 749 g/mol. The summed E-state index contributed by atoms with van der Waals surface area (Å²) < 4.78 is 26.0. The fraction of sp³-hybridized carbons (Fsp3) is 0.545. The highest BCUT2D eigenvalue weighted by Crippen LogP contribution is 2.45. The van der Waals surface area contributed by atoms with E-state index < -0.39 is 11.8 Å². The second-order valence-corrected chi connectivity index (χ2v) is 15.4. The van der Waals surface area contributed by atoms with Gasteiger partial charge >= 0.3 is 5.97 Å². The molecule has 3 aromatic rings. The van der Waals surface area contributed by atoms with E-state index in [0.717, 1.165) is 75.0 Å².